The summed E-state index contributed by atoms with van der Waals surface area (Å²) in [7, 11) is 1.87. The van der Waals surface area contributed by atoms with E-state index in [1.54, 1.807) is 0 Å². The Hall–Kier alpha value is -1.84. The van der Waals surface area contributed by atoms with Crippen molar-refractivity contribution in [3.63, 3.8) is 0 Å². The van der Waals surface area contributed by atoms with Gasteiger partial charge in [-0.25, -0.2) is 4.98 Å². The van der Waals surface area contributed by atoms with Gasteiger partial charge in [-0.05, 0) is 31.4 Å². The number of para-hydroxylation sites is 1. The van der Waals surface area contributed by atoms with Gasteiger partial charge in [-0.2, -0.15) is 4.98 Å². The topological polar surface area (TPSA) is 41.1 Å². The average molecular weight is 256 g/mol. The first-order chi connectivity index (χ1) is 9.33. The second kappa shape index (κ2) is 5.03. The molecule has 0 aliphatic carbocycles. The fourth-order valence-electron chi connectivity index (χ4n) is 2.93. The van der Waals surface area contributed by atoms with Crippen LogP contribution in [0, 0.1) is 0 Å². The van der Waals surface area contributed by atoms with E-state index in [0.717, 1.165) is 23.3 Å². The van der Waals surface area contributed by atoms with Gasteiger partial charge >= 0.3 is 0 Å². The Balaban J connectivity index is 2.15. The second-order valence-corrected chi connectivity index (χ2v) is 5.04. The smallest absolute Gasteiger partial charge is 0.224 e. The Morgan fingerprint density at radius 3 is 2.95 bits per heavy atom. The largest absolute Gasteiger partial charge is 0.357 e. The van der Waals surface area contributed by atoms with Gasteiger partial charge in [-0.3, -0.25) is 0 Å². The van der Waals surface area contributed by atoms with Crippen molar-refractivity contribution in [3.05, 3.63) is 24.3 Å². The Kier molecular flexibility index (Phi) is 3.23. The summed E-state index contributed by atoms with van der Waals surface area (Å²) in [5.41, 5.74) is 1.01. The highest BCUT2D eigenvalue weighted by Crippen LogP contribution is 2.31. The van der Waals surface area contributed by atoms with Crippen LogP contribution in [-0.2, 0) is 0 Å². The third kappa shape index (κ3) is 2.11. The summed E-state index contributed by atoms with van der Waals surface area (Å²) in [6.07, 6.45) is 3.70. The maximum atomic E-state index is 4.70. The third-order valence-electron chi connectivity index (χ3n) is 3.93. The molecule has 100 valence electrons. The molecule has 0 amide bonds. The number of nitrogens with zero attached hydrogens (tertiary/aromatic N) is 3. The van der Waals surface area contributed by atoms with E-state index in [-0.39, 0.29) is 0 Å². The van der Waals surface area contributed by atoms with Crippen molar-refractivity contribution in [1.82, 2.24) is 9.97 Å². The molecular formula is C15H20N4. The van der Waals surface area contributed by atoms with Crippen molar-refractivity contribution in [3.8, 4) is 0 Å². The summed E-state index contributed by atoms with van der Waals surface area (Å²) in [6, 6.07) is 8.88. The molecule has 2 heterocycles. The second-order valence-electron chi connectivity index (χ2n) is 5.04. The van der Waals surface area contributed by atoms with Crippen LogP contribution in [0.5, 0.6) is 0 Å². The van der Waals surface area contributed by atoms with E-state index in [1.165, 1.54) is 19.3 Å². The van der Waals surface area contributed by atoms with Crippen LogP contribution in [0.3, 0.4) is 0 Å². The number of fused-ring (bicyclic) bond motifs is 1. The van der Waals surface area contributed by atoms with E-state index in [1.807, 2.05) is 13.1 Å². The van der Waals surface area contributed by atoms with Crippen molar-refractivity contribution < 1.29 is 0 Å². The molecule has 1 N–H and O–H groups in total. The molecule has 1 aliphatic heterocycles. The molecule has 19 heavy (non-hydrogen) atoms. The molecular weight excluding hydrogens is 236 g/mol. The summed E-state index contributed by atoms with van der Waals surface area (Å²) in [6.45, 7) is 3.36. The minimum absolute atomic E-state index is 0.614. The Bertz CT molecular complexity index is 581. The van der Waals surface area contributed by atoms with Crippen molar-refractivity contribution in [2.45, 2.75) is 32.2 Å². The number of aromatic nitrogens is 2. The monoisotopic (exact) mass is 256 g/mol. The minimum atomic E-state index is 0.614. The molecule has 4 nitrogen and oxygen atoms in total. The van der Waals surface area contributed by atoms with Crippen LogP contribution in [0.2, 0.25) is 0 Å². The standard InChI is InChI=1S/C15H20N4/c1-3-11-7-6-10-19(11)14-12-8-4-5-9-13(12)17-15(16-2)18-14/h4-5,8-9,11H,3,6-7,10H2,1-2H3,(H,16,17,18). The van der Waals surface area contributed by atoms with Gasteiger partial charge in [0, 0.05) is 25.0 Å². The van der Waals surface area contributed by atoms with Gasteiger partial charge in [0.05, 0.1) is 5.52 Å². The predicted octanol–water partition coefficient (Wildman–Crippen LogP) is 3.05. The number of nitrogens with one attached hydrogen (secondary N) is 1. The zero-order valence-electron chi connectivity index (χ0n) is 11.6. The lowest BCUT2D eigenvalue weighted by molar-refractivity contribution is 0.642. The van der Waals surface area contributed by atoms with Gasteiger partial charge in [0.2, 0.25) is 5.95 Å². The number of hydrogen-bond acceptors (Lipinski definition) is 4. The number of benzene rings is 1. The first kappa shape index (κ1) is 12.2. The summed E-state index contributed by atoms with van der Waals surface area (Å²) < 4.78 is 0. The molecule has 1 aromatic heterocycles. The first-order valence-electron chi connectivity index (χ1n) is 7.04. The summed E-state index contributed by atoms with van der Waals surface area (Å²) >= 11 is 0. The van der Waals surface area contributed by atoms with Crippen molar-refractivity contribution >= 4 is 22.7 Å². The van der Waals surface area contributed by atoms with Gasteiger partial charge in [0.1, 0.15) is 5.82 Å². The van der Waals surface area contributed by atoms with Crippen LogP contribution >= 0.6 is 0 Å². The molecule has 0 saturated carbocycles. The van der Waals surface area contributed by atoms with Gasteiger partial charge in [-0.1, -0.05) is 19.1 Å². The number of hydrogen-bond donors (Lipinski definition) is 1. The normalized spacial score (nSPS) is 19.1. The highest BCUT2D eigenvalue weighted by Gasteiger charge is 2.26. The van der Waals surface area contributed by atoms with Crippen LogP contribution in [0.1, 0.15) is 26.2 Å². The lowest BCUT2D eigenvalue weighted by Crippen LogP contribution is -2.29. The molecule has 0 bridgehead atoms. The molecule has 0 radical (unpaired) electrons. The van der Waals surface area contributed by atoms with Gasteiger partial charge in [-0.15, -0.1) is 0 Å². The van der Waals surface area contributed by atoms with E-state index in [2.05, 4.69) is 40.3 Å². The van der Waals surface area contributed by atoms with Crippen LogP contribution in [-0.4, -0.2) is 29.6 Å². The summed E-state index contributed by atoms with van der Waals surface area (Å²) in [5, 5.41) is 4.22. The van der Waals surface area contributed by atoms with Crippen LogP contribution in [0.4, 0.5) is 11.8 Å². The molecule has 4 heteroatoms. The zero-order chi connectivity index (χ0) is 13.2. The Morgan fingerprint density at radius 1 is 1.32 bits per heavy atom. The maximum absolute atomic E-state index is 4.70. The fourth-order valence-corrected chi connectivity index (χ4v) is 2.93. The molecule has 0 spiro atoms. The molecule has 2 aromatic rings. The molecule has 1 saturated heterocycles. The minimum Gasteiger partial charge on any atom is -0.357 e. The van der Waals surface area contributed by atoms with E-state index < -0.39 is 0 Å². The van der Waals surface area contributed by atoms with E-state index in [9.17, 15) is 0 Å². The molecule has 1 unspecified atom stereocenters. The quantitative estimate of drug-likeness (QED) is 0.916. The highest BCUT2D eigenvalue weighted by atomic mass is 15.3. The molecule has 1 aromatic carbocycles. The van der Waals surface area contributed by atoms with Crippen molar-refractivity contribution in [1.29, 1.82) is 0 Å². The first-order valence-corrected chi connectivity index (χ1v) is 7.04. The van der Waals surface area contributed by atoms with Crippen molar-refractivity contribution in [2.75, 3.05) is 23.8 Å². The lowest BCUT2D eigenvalue weighted by atomic mass is 10.1. The fraction of sp³-hybridized carbons (Fsp3) is 0.467. The Morgan fingerprint density at radius 2 is 2.16 bits per heavy atom. The van der Waals surface area contributed by atoms with Gasteiger partial charge in [0.15, 0.2) is 0 Å². The van der Waals surface area contributed by atoms with Gasteiger partial charge < -0.3 is 10.2 Å². The average Bonchev–Trinajstić information content (AvgIpc) is 2.94. The van der Waals surface area contributed by atoms with E-state index in [4.69, 9.17) is 4.98 Å². The van der Waals surface area contributed by atoms with E-state index >= 15 is 0 Å². The zero-order valence-corrected chi connectivity index (χ0v) is 11.6. The summed E-state index contributed by atoms with van der Waals surface area (Å²) in [5.74, 6) is 1.79. The van der Waals surface area contributed by atoms with Crippen LogP contribution < -0.4 is 10.2 Å². The Labute approximate surface area is 113 Å². The molecule has 1 atom stereocenters. The predicted molar refractivity (Wildman–Crippen MR) is 79.7 cm³/mol. The molecule has 1 aliphatic rings. The van der Waals surface area contributed by atoms with Gasteiger partial charge in [0.25, 0.3) is 0 Å². The summed E-state index contributed by atoms with van der Waals surface area (Å²) in [4.78, 5) is 11.7. The molecule has 3 rings (SSSR count). The SMILES string of the molecule is CCC1CCCN1c1nc(NC)nc2ccccc12. The highest BCUT2D eigenvalue weighted by molar-refractivity contribution is 5.90. The number of rotatable bonds is 3. The van der Waals surface area contributed by atoms with Crippen molar-refractivity contribution in [2.24, 2.45) is 0 Å². The maximum Gasteiger partial charge on any atom is 0.224 e. The van der Waals surface area contributed by atoms with E-state index in [0.29, 0.717) is 12.0 Å². The van der Waals surface area contributed by atoms with Crippen LogP contribution in [0.15, 0.2) is 24.3 Å². The van der Waals surface area contributed by atoms with Crippen LogP contribution in [0.25, 0.3) is 10.9 Å². The lowest BCUT2D eigenvalue weighted by Gasteiger charge is -2.26. The third-order valence-corrected chi connectivity index (χ3v) is 3.93. The number of anilines is 2. The molecule has 1 fully saturated rings.